The van der Waals surface area contributed by atoms with E-state index >= 15 is 0 Å². The van der Waals surface area contributed by atoms with Gasteiger partial charge in [0.25, 0.3) is 0 Å². The quantitative estimate of drug-likeness (QED) is 0.838. The first-order valence-corrected chi connectivity index (χ1v) is 6.50. The third-order valence-corrected chi connectivity index (χ3v) is 3.67. The van der Waals surface area contributed by atoms with Gasteiger partial charge in [-0.2, -0.15) is 0 Å². The molecular weight excluding hydrogens is 212 g/mol. The van der Waals surface area contributed by atoms with Crippen LogP contribution in [-0.4, -0.2) is 24.3 Å². The van der Waals surface area contributed by atoms with Crippen LogP contribution in [0.5, 0.6) is 0 Å². The average molecular weight is 234 g/mol. The van der Waals surface area contributed by atoms with E-state index in [9.17, 15) is 5.11 Å². The number of aliphatic hydroxyl groups excluding tert-OH is 1. The predicted molar refractivity (Wildman–Crippen MR) is 71.1 cm³/mol. The molecule has 0 saturated carbocycles. The number of hydrogen-bond acceptors (Lipinski definition) is 3. The van der Waals surface area contributed by atoms with Gasteiger partial charge in [0, 0.05) is 18.3 Å². The van der Waals surface area contributed by atoms with E-state index in [-0.39, 0.29) is 18.7 Å². The van der Waals surface area contributed by atoms with Crippen LogP contribution in [0, 0.1) is 0 Å². The van der Waals surface area contributed by atoms with E-state index in [4.69, 9.17) is 5.73 Å². The molecule has 1 aromatic carbocycles. The van der Waals surface area contributed by atoms with Crippen molar-refractivity contribution >= 4 is 5.69 Å². The number of rotatable bonds is 4. The number of benzene rings is 1. The molecule has 2 rings (SSSR count). The van der Waals surface area contributed by atoms with Crippen LogP contribution < -0.4 is 10.6 Å². The van der Waals surface area contributed by atoms with Gasteiger partial charge < -0.3 is 15.7 Å². The first-order valence-electron chi connectivity index (χ1n) is 6.50. The number of anilines is 1. The maximum absolute atomic E-state index is 9.41. The van der Waals surface area contributed by atoms with Gasteiger partial charge >= 0.3 is 0 Å². The van der Waals surface area contributed by atoms with E-state index in [1.807, 2.05) is 12.1 Å². The summed E-state index contributed by atoms with van der Waals surface area (Å²) in [6.45, 7) is 3.36. The molecule has 1 saturated heterocycles. The van der Waals surface area contributed by atoms with Crippen molar-refractivity contribution in [2.45, 2.75) is 38.3 Å². The third kappa shape index (κ3) is 2.45. The van der Waals surface area contributed by atoms with Gasteiger partial charge in [-0.25, -0.2) is 0 Å². The van der Waals surface area contributed by atoms with Crippen molar-refractivity contribution in [2.75, 3.05) is 18.1 Å². The van der Waals surface area contributed by atoms with Crippen LogP contribution in [0.15, 0.2) is 24.3 Å². The van der Waals surface area contributed by atoms with Gasteiger partial charge in [0.1, 0.15) is 0 Å². The lowest BCUT2D eigenvalue weighted by Crippen LogP contribution is -2.33. The van der Waals surface area contributed by atoms with E-state index in [0.29, 0.717) is 0 Å². The zero-order valence-electron chi connectivity index (χ0n) is 10.5. The van der Waals surface area contributed by atoms with Crippen molar-refractivity contribution in [2.24, 2.45) is 5.73 Å². The van der Waals surface area contributed by atoms with Crippen LogP contribution in [0.25, 0.3) is 0 Å². The van der Waals surface area contributed by atoms with Gasteiger partial charge in [-0.15, -0.1) is 0 Å². The van der Waals surface area contributed by atoms with Crippen LogP contribution >= 0.6 is 0 Å². The minimum Gasteiger partial charge on any atom is -0.394 e. The zero-order valence-corrected chi connectivity index (χ0v) is 10.5. The molecule has 1 fully saturated rings. The summed E-state index contributed by atoms with van der Waals surface area (Å²) in [7, 11) is 0. The van der Waals surface area contributed by atoms with Crippen molar-refractivity contribution < 1.29 is 5.11 Å². The monoisotopic (exact) mass is 234 g/mol. The summed E-state index contributed by atoms with van der Waals surface area (Å²) in [6.07, 6.45) is 3.17. The fraction of sp³-hybridized carbons (Fsp3) is 0.571. The fourth-order valence-corrected chi connectivity index (χ4v) is 2.63. The third-order valence-electron chi connectivity index (χ3n) is 3.67. The maximum Gasteiger partial charge on any atom is 0.0635 e. The van der Waals surface area contributed by atoms with E-state index in [1.165, 1.54) is 11.3 Å². The van der Waals surface area contributed by atoms with Crippen molar-refractivity contribution in [3.63, 3.8) is 0 Å². The number of hydrogen-bond donors (Lipinski definition) is 2. The molecule has 1 heterocycles. The van der Waals surface area contributed by atoms with Gasteiger partial charge in [-0.3, -0.25) is 0 Å². The predicted octanol–water partition coefficient (Wildman–Crippen LogP) is 2.06. The SMILES string of the molecule is CC[C@H](N)c1ccccc1N1CCCC1CO. The molecule has 1 aromatic rings. The Morgan fingerprint density at radius 2 is 2.24 bits per heavy atom. The molecule has 0 aromatic heterocycles. The van der Waals surface area contributed by atoms with E-state index in [2.05, 4.69) is 24.0 Å². The topological polar surface area (TPSA) is 49.5 Å². The minimum absolute atomic E-state index is 0.0890. The fourth-order valence-electron chi connectivity index (χ4n) is 2.63. The van der Waals surface area contributed by atoms with Gasteiger partial charge in [0.05, 0.1) is 12.6 Å². The lowest BCUT2D eigenvalue weighted by molar-refractivity contribution is 0.266. The second-order valence-electron chi connectivity index (χ2n) is 4.75. The molecule has 94 valence electrons. The normalized spacial score (nSPS) is 21.8. The first-order chi connectivity index (χ1) is 8.27. The molecule has 0 amide bonds. The molecule has 0 radical (unpaired) electrons. The molecule has 17 heavy (non-hydrogen) atoms. The van der Waals surface area contributed by atoms with Crippen molar-refractivity contribution in [1.29, 1.82) is 0 Å². The molecule has 0 spiro atoms. The summed E-state index contributed by atoms with van der Waals surface area (Å²) >= 11 is 0. The largest absolute Gasteiger partial charge is 0.394 e. The highest BCUT2D eigenvalue weighted by Gasteiger charge is 2.26. The average Bonchev–Trinajstić information content (AvgIpc) is 2.86. The van der Waals surface area contributed by atoms with Gasteiger partial charge in [-0.05, 0) is 30.9 Å². The van der Waals surface area contributed by atoms with Crippen LogP contribution in [0.3, 0.4) is 0 Å². The number of para-hydroxylation sites is 1. The molecule has 3 nitrogen and oxygen atoms in total. The van der Waals surface area contributed by atoms with Crippen LogP contribution in [0.4, 0.5) is 5.69 Å². The van der Waals surface area contributed by atoms with Gasteiger partial charge in [-0.1, -0.05) is 25.1 Å². The van der Waals surface area contributed by atoms with Gasteiger partial charge in [0.2, 0.25) is 0 Å². The first kappa shape index (κ1) is 12.4. The molecule has 1 aliphatic heterocycles. The number of aliphatic hydroxyl groups is 1. The lowest BCUT2D eigenvalue weighted by atomic mass is 10.0. The Balaban J connectivity index is 2.31. The Morgan fingerprint density at radius 3 is 2.94 bits per heavy atom. The Bertz CT molecular complexity index is 367. The van der Waals surface area contributed by atoms with Crippen molar-refractivity contribution in [1.82, 2.24) is 0 Å². The number of nitrogens with zero attached hydrogens (tertiary/aromatic N) is 1. The summed E-state index contributed by atoms with van der Waals surface area (Å²) in [5, 5.41) is 9.41. The number of nitrogens with two attached hydrogens (primary N) is 1. The van der Waals surface area contributed by atoms with Crippen LogP contribution in [-0.2, 0) is 0 Å². The Morgan fingerprint density at radius 1 is 1.47 bits per heavy atom. The summed E-state index contributed by atoms with van der Waals surface area (Å²) in [4.78, 5) is 2.31. The smallest absolute Gasteiger partial charge is 0.0635 e. The molecule has 3 N–H and O–H groups in total. The van der Waals surface area contributed by atoms with E-state index in [0.717, 1.165) is 25.8 Å². The van der Waals surface area contributed by atoms with E-state index < -0.39 is 0 Å². The zero-order chi connectivity index (χ0) is 12.3. The van der Waals surface area contributed by atoms with Gasteiger partial charge in [0.15, 0.2) is 0 Å². The molecule has 1 unspecified atom stereocenters. The van der Waals surface area contributed by atoms with Crippen LogP contribution in [0.1, 0.15) is 37.8 Å². The molecule has 3 heteroatoms. The highest BCUT2D eigenvalue weighted by molar-refractivity contribution is 5.56. The summed E-state index contributed by atoms with van der Waals surface area (Å²) in [5.74, 6) is 0. The molecule has 0 aliphatic carbocycles. The minimum atomic E-state index is 0.0890. The van der Waals surface area contributed by atoms with Crippen molar-refractivity contribution in [3.8, 4) is 0 Å². The van der Waals surface area contributed by atoms with Crippen LogP contribution in [0.2, 0.25) is 0 Å². The Kier molecular flexibility index (Phi) is 4.02. The lowest BCUT2D eigenvalue weighted by Gasteiger charge is -2.29. The molecular formula is C14H22N2O. The Labute approximate surface area is 103 Å². The van der Waals surface area contributed by atoms with Crippen molar-refractivity contribution in [3.05, 3.63) is 29.8 Å². The highest BCUT2D eigenvalue weighted by atomic mass is 16.3. The summed E-state index contributed by atoms with van der Waals surface area (Å²) in [5.41, 5.74) is 8.57. The Hall–Kier alpha value is -1.06. The molecule has 0 bridgehead atoms. The second kappa shape index (κ2) is 5.52. The summed E-state index contributed by atoms with van der Waals surface area (Å²) in [6, 6.07) is 8.67. The molecule has 1 aliphatic rings. The maximum atomic E-state index is 9.41. The highest BCUT2D eigenvalue weighted by Crippen LogP contribution is 2.31. The standard InChI is InChI=1S/C14H22N2O/c1-2-13(15)12-7-3-4-8-14(12)16-9-5-6-11(16)10-17/h3-4,7-8,11,13,17H,2,5-6,9-10,15H2,1H3/t11?,13-/m0/s1. The van der Waals surface area contributed by atoms with E-state index in [1.54, 1.807) is 0 Å². The second-order valence-corrected chi connectivity index (χ2v) is 4.75. The molecule has 2 atom stereocenters. The summed E-state index contributed by atoms with van der Waals surface area (Å²) < 4.78 is 0.